The smallest absolute Gasteiger partial charge is 0.261 e. The van der Waals surface area contributed by atoms with E-state index in [1.54, 1.807) is 18.2 Å². The first-order valence-electron chi connectivity index (χ1n) is 5.40. The third kappa shape index (κ3) is 3.91. The minimum atomic E-state index is -0.520. The van der Waals surface area contributed by atoms with Crippen LogP contribution in [-0.2, 0) is 0 Å². The van der Waals surface area contributed by atoms with E-state index in [-0.39, 0.29) is 5.69 Å². The van der Waals surface area contributed by atoms with Crippen LogP contribution in [0.25, 0.3) is 0 Å². The molecule has 6 nitrogen and oxygen atoms in total. The number of nitrogens with one attached hydrogen (secondary N) is 1. The number of nitro groups is 1. The SMILES string of the molecule is O=[N+]([O-])c1ccc(NN=Cc2cc(Cl)cc(Cl)c2)nc1. The number of hydrazone groups is 1. The van der Waals surface area contributed by atoms with E-state index in [0.29, 0.717) is 15.9 Å². The minimum Gasteiger partial charge on any atom is -0.261 e. The highest BCUT2D eigenvalue weighted by atomic mass is 35.5. The molecule has 2 rings (SSSR count). The van der Waals surface area contributed by atoms with Crippen LogP contribution in [0.5, 0.6) is 0 Å². The summed E-state index contributed by atoms with van der Waals surface area (Å²) in [4.78, 5) is 13.8. The summed E-state index contributed by atoms with van der Waals surface area (Å²) in [6.07, 6.45) is 2.66. The van der Waals surface area contributed by atoms with Gasteiger partial charge in [-0.25, -0.2) is 4.98 Å². The van der Waals surface area contributed by atoms with Crippen molar-refractivity contribution >= 4 is 40.9 Å². The van der Waals surface area contributed by atoms with E-state index in [9.17, 15) is 10.1 Å². The van der Waals surface area contributed by atoms with Crippen LogP contribution >= 0.6 is 23.2 Å². The van der Waals surface area contributed by atoms with Crippen molar-refractivity contribution in [2.24, 2.45) is 5.10 Å². The maximum Gasteiger partial charge on any atom is 0.287 e. The van der Waals surface area contributed by atoms with Crippen LogP contribution in [0.2, 0.25) is 10.0 Å². The van der Waals surface area contributed by atoms with Crippen molar-refractivity contribution in [1.29, 1.82) is 0 Å². The van der Waals surface area contributed by atoms with Gasteiger partial charge in [-0.05, 0) is 29.8 Å². The standard InChI is InChI=1S/C12H8Cl2N4O2/c13-9-3-8(4-10(14)5-9)6-16-17-12-2-1-11(7-15-12)18(19)20/h1-7H,(H,15,17). The average molecular weight is 311 g/mol. The number of pyridine rings is 1. The molecule has 1 heterocycles. The highest BCUT2D eigenvalue weighted by molar-refractivity contribution is 6.35. The predicted molar refractivity (Wildman–Crippen MR) is 78.6 cm³/mol. The number of hydrogen-bond donors (Lipinski definition) is 1. The molecule has 0 spiro atoms. The van der Waals surface area contributed by atoms with E-state index < -0.39 is 4.92 Å². The third-order valence-electron chi connectivity index (χ3n) is 2.24. The van der Waals surface area contributed by atoms with E-state index in [2.05, 4.69) is 15.5 Å². The molecule has 0 aliphatic heterocycles. The summed E-state index contributed by atoms with van der Waals surface area (Å²) in [5.74, 6) is 0.389. The van der Waals surface area contributed by atoms with E-state index in [1.165, 1.54) is 18.3 Å². The van der Waals surface area contributed by atoms with Gasteiger partial charge < -0.3 is 0 Å². The van der Waals surface area contributed by atoms with E-state index in [4.69, 9.17) is 23.2 Å². The normalized spacial score (nSPS) is 10.7. The lowest BCUT2D eigenvalue weighted by Crippen LogP contribution is -1.95. The van der Waals surface area contributed by atoms with Crippen molar-refractivity contribution in [2.45, 2.75) is 0 Å². The number of rotatable bonds is 4. The number of anilines is 1. The van der Waals surface area contributed by atoms with Crippen molar-refractivity contribution in [3.8, 4) is 0 Å². The van der Waals surface area contributed by atoms with Crippen LogP contribution in [0.15, 0.2) is 41.6 Å². The number of nitrogens with zero attached hydrogens (tertiary/aromatic N) is 3. The first-order valence-corrected chi connectivity index (χ1v) is 6.16. The topological polar surface area (TPSA) is 80.4 Å². The molecule has 2 aromatic rings. The molecule has 0 unspecified atom stereocenters. The number of benzene rings is 1. The Balaban J connectivity index is 2.04. The number of hydrogen-bond acceptors (Lipinski definition) is 5. The van der Waals surface area contributed by atoms with Crippen molar-refractivity contribution in [3.05, 3.63) is 62.3 Å². The highest BCUT2D eigenvalue weighted by Gasteiger charge is 2.04. The summed E-state index contributed by atoms with van der Waals surface area (Å²) in [5, 5.41) is 15.4. The zero-order valence-electron chi connectivity index (χ0n) is 9.96. The monoisotopic (exact) mass is 310 g/mol. The Kier molecular flexibility index (Phi) is 4.49. The average Bonchev–Trinajstić information content (AvgIpc) is 2.38. The summed E-state index contributed by atoms with van der Waals surface area (Å²) in [6.45, 7) is 0. The molecule has 8 heteroatoms. The van der Waals surface area contributed by atoms with Gasteiger partial charge in [-0.15, -0.1) is 0 Å². The van der Waals surface area contributed by atoms with Gasteiger partial charge in [0.1, 0.15) is 12.0 Å². The van der Waals surface area contributed by atoms with Gasteiger partial charge in [0.25, 0.3) is 5.69 Å². The fraction of sp³-hybridized carbons (Fsp3) is 0. The molecule has 0 fully saturated rings. The Morgan fingerprint density at radius 3 is 2.50 bits per heavy atom. The fourth-order valence-corrected chi connectivity index (χ4v) is 1.93. The Bertz CT molecular complexity index is 639. The van der Waals surface area contributed by atoms with Crippen molar-refractivity contribution in [1.82, 2.24) is 4.98 Å². The second kappa shape index (κ2) is 6.31. The fourth-order valence-electron chi connectivity index (χ4n) is 1.38. The quantitative estimate of drug-likeness (QED) is 0.530. The van der Waals surface area contributed by atoms with Crippen LogP contribution in [0.3, 0.4) is 0 Å². The van der Waals surface area contributed by atoms with Crippen LogP contribution in [-0.4, -0.2) is 16.1 Å². The largest absolute Gasteiger partial charge is 0.287 e. The Labute approximate surface area is 124 Å². The molecule has 0 atom stereocenters. The Morgan fingerprint density at radius 2 is 1.95 bits per heavy atom. The summed E-state index contributed by atoms with van der Waals surface area (Å²) < 4.78 is 0. The molecule has 0 aliphatic carbocycles. The first kappa shape index (κ1) is 14.2. The van der Waals surface area contributed by atoms with E-state index in [0.717, 1.165) is 11.8 Å². The van der Waals surface area contributed by atoms with Crippen molar-refractivity contribution in [3.63, 3.8) is 0 Å². The van der Waals surface area contributed by atoms with Crippen molar-refractivity contribution < 1.29 is 4.92 Å². The second-order valence-electron chi connectivity index (χ2n) is 3.73. The van der Waals surface area contributed by atoms with Crippen molar-refractivity contribution in [2.75, 3.05) is 5.43 Å². The minimum absolute atomic E-state index is 0.0823. The summed E-state index contributed by atoms with van der Waals surface area (Å²) in [5.41, 5.74) is 3.28. The van der Waals surface area contributed by atoms with Crippen LogP contribution in [0.1, 0.15) is 5.56 Å². The van der Waals surface area contributed by atoms with Gasteiger partial charge in [-0.2, -0.15) is 5.10 Å². The van der Waals surface area contributed by atoms with E-state index >= 15 is 0 Å². The molecule has 102 valence electrons. The molecule has 0 radical (unpaired) electrons. The second-order valence-corrected chi connectivity index (χ2v) is 4.60. The molecule has 1 N–H and O–H groups in total. The van der Waals surface area contributed by atoms with Gasteiger partial charge in [-0.3, -0.25) is 15.5 Å². The molecule has 0 saturated heterocycles. The third-order valence-corrected chi connectivity index (χ3v) is 2.67. The van der Waals surface area contributed by atoms with Gasteiger partial charge in [0.2, 0.25) is 0 Å². The number of aromatic nitrogens is 1. The lowest BCUT2D eigenvalue weighted by Gasteiger charge is -1.99. The lowest BCUT2D eigenvalue weighted by atomic mass is 10.2. The predicted octanol–water partition coefficient (Wildman–Crippen LogP) is 3.74. The van der Waals surface area contributed by atoms with E-state index in [1.807, 2.05) is 0 Å². The molecule has 0 saturated carbocycles. The highest BCUT2D eigenvalue weighted by Crippen LogP contribution is 2.18. The molecule has 0 bridgehead atoms. The first-order chi connectivity index (χ1) is 9.54. The molecular formula is C12H8Cl2N4O2. The zero-order chi connectivity index (χ0) is 14.5. The molecule has 1 aromatic heterocycles. The molecule has 1 aromatic carbocycles. The molecular weight excluding hydrogens is 303 g/mol. The van der Waals surface area contributed by atoms with Gasteiger partial charge in [0.15, 0.2) is 0 Å². The van der Waals surface area contributed by atoms with Gasteiger partial charge in [0.05, 0.1) is 11.1 Å². The molecule has 0 aliphatic rings. The summed E-state index contributed by atoms with van der Waals surface area (Å²) in [7, 11) is 0. The van der Waals surface area contributed by atoms with Crippen LogP contribution in [0.4, 0.5) is 11.5 Å². The molecule has 20 heavy (non-hydrogen) atoms. The molecule has 0 amide bonds. The Morgan fingerprint density at radius 1 is 1.25 bits per heavy atom. The zero-order valence-corrected chi connectivity index (χ0v) is 11.5. The maximum absolute atomic E-state index is 10.5. The van der Waals surface area contributed by atoms with Gasteiger partial charge in [-0.1, -0.05) is 23.2 Å². The van der Waals surface area contributed by atoms with Gasteiger partial charge in [0, 0.05) is 16.1 Å². The van der Waals surface area contributed by atoms with Crippen LogP contribution in [0, 0.1) is 10.1 Å². The van der Waals surface area contributed by atoms with Crippen LogP contribution < -0.4 is 5.43 Å². The lowest BCUT2D eigenvalue weighted by molar-refractivity contribution is -0.385. The maximum atomic E-state index is 10.5. The Hall–Kier alpha value is -2.18. The summed E-state index contributed by atoms with van der Waals surface area (Å²) >= 11 is 11.7. The summed E-state index contributed by atoms with van der Waals surface area (Å²) in [6, 6.07) is 7.80. The van der Waals surface area contributed by atoms with Gasteiger partial charge >= 0.3 is 0 Å². The number of halogens is 2.